The Labute approximate surface area is 61.9 Å². The third-order valence-electron chi connectivity index (χ3n) is 1.04. The summed E-state index contributed by atoms with van der Waals surface area (Å²) in [7, 11) is 0. The molecule has 0 bridgehead atoms. The lowest BCUT2D eigenvalue weighted by molar-refractivity contribution is 1.19. The lowest BCUT2D eigenvalue weighted by Gasteiger charge is -1.93. The monoisotopic (exact) mass is 133 g/mol. The van der Waals surface area contributed by atoms with Gasteiger partial charge in [0.05, 0.1) is 0 Å². The predicted molar refractivity (Wildman–Crippen MR) is 45.3 cm³/mol. The lowest BCUT2D eigenvalue weighted by atomic mass is 10.2. The van der Waals surface area contributed by atoms with Gasteiger partial charge in [0.2, 0.25) is 0 Å². The maximum absolute atomic E-state index is 5.34. The number of nitrogens with two attached hydrogens (primary N) is 1. The quantitative estimate of drug-likeness (QED) is 0.455. The first-order valence-corrected chi connectivity index (χ1v) is 2.93. The molecule has 0 aliphatic heterocycles. The van der Waals surface area contributed by atoms with Gasteiger partial charge in [-0.15, -0.1) is 6.42 Å². The molecule has 0 unspecified atom stereocenters. The van der Waals surface area contributed by atoms with Crippen LogP contribution in [0.4, 0.5) is 0 Å². The normalized spacial score (nSPS) is 10.2. The van der Waals surface area contributed by atoms with E-state index in [0.717, 1.165) is 5.57 Å². The summed E-state index contributed by atoms with van der Waals surface area (Å²) in [5.41, 5.74) is 6.87. The fraction of sp³-hybridized carbons (Fsp3) is 0.111. The Morgan fingerprint density at radius 3 is 2.60 bits per heavy atom. The molecule has 2 N–H and O–H groups in total. The summed E-state index contributed by atoms with van der Waals surface area (Å²) < 4.78 is 0. The van der Waals surface area contributed by atoms with Gasteiger partial charge in [-0.2, -0.15) is 0 Å². The first kappa shape index (κ1) is 8.74. The fourth-order valence-electron chi connectivity index (χ4n) is 0.467. The Bertz CT molecular complexity index is 203. The summed E-state index contributed by atoms with van der Waals surface area (Å²) in [6.07, 6.45) is 8.47. The van der Waals surface area contributed by atoms with E-state index in [2.05, 4.69) is 19.1 Å². The van der Waals surface area contributed by atoms with Crippen LogP contribution in [0.3, 0.4) is 0 Å². The van der Waals surface area contributed by atoms with Gasteiger partial charge < -0.3 is 5.73 Å². The Balaban J connectivity index is 4.28. The van der Waals surface area contributed by atoms with E-state index in [9.17, 15) is 0 Å². The molecule has 52 valence electrons. The predicted octanol–water partition coefficient (Wildman–Crippen LogP) is 1.25. The van der Waals surface area contributed by atoms with Gasteiger partial charge in [0.15, 0.2) is 0 Å². The molecule has 10 heavy (non-hydrogen) atoms. The molecule has 0 radical (unpaired) electrons. The standard InChI is InChI=1S/C9H11N/c1-4-8(3)6-9(5-2)7-10/h1,5-6H,2-3,7,10H2. The number of hydrogen-bond acceptors (Lipinski definition) is 1. The third kappa shape index (κ3) is 2.91. The molecule has 0 aliphatic carbocycles. The van der Waals surface area contributed by atoms with Gasteiger partial charge in [-0.1, -0.05) is 25.2 Å². The zero-order chi connectivity index (χ0) is 7.98. The average molecular weight is 133 g/mol. The molecule has 0 heterocycles. The molecule has 0 rings (SSSR count). The van der Waals surface area contributed by atoms with Crippen LogP contribution in [0.1, 0.15) is 0 Å². The van der Waals surface area contributed by atoms with E-state index in [1.54, 1.807) is 12.2 Å². The Kier molecular flexibility index (Phi) is 4.02. The van der Waals surface area contributed by atoms with Gasteiger partial charge in [0.1, 0.15) is 0 Å². The van der Waals surface area contributed by atoms with Crippen LogP contribution in [0.5, 0.6) is 0 Å². The van der Waals surface area contributed by atoms with Crippen molar-refractivity contribution in [2.75, 3.05) is 6.54 Å². The smallest absolute Gasteiger partial charge is 0.0178 e. The van der Waals surface area contributed by atoms with Crippen molar-refractivity contribution in [3.63, 3.8) is 0 Å². The van der Waals surface area contributed by atoms with Gasteiger partial charge in [-0.25, -0.2) is 0 Å². The maximum Gasteiger partial charge on any atom is 0.0178 e. The zero-order valence-electron chi connectivity index (χ0n) is 5.93. The van der Waals surface area contributed by atoms with Crippen molar-refractivity contribution in [2.45, 2.75) is 0 Å². The van der Waals surface area contributed by atoms with Crippen molar-refractivity contribution in [1.82, 2.24) is 0 Å². The van der Waals surface area contributed by atoms with E-state index in [-0.39, 0.29) is 0 Å². The van der Waals surface area contributed by atoms with Crippen LogP contribution in [0.15, 0.2) is 36.5 Å². The minimum Gasteiger partial charge on any atom is -0.326 e. The Morgan fingerprint density at radius 2 is 2.30 bits per heavy atom. The van der Waals surface area contributed by atoms with E-state index in [1.165, 1.54) is 0 Å². The topological polar surface area (TPSA) is 26.0 Å². The molecule has 0 amide bonds. The van der Waals surface area contributed by atoms with Gasteiger partial charge in [-0.3, -0.25) is 0 Å². The maximum atomic E-state index is 5.34. The second-order valence-corrected chi connectivity index (χ2v) is 1.80. The molecule has 0 spiro atoms. The molecular weight excluding hydrogens is 122 g/mol. The fourth-order valence-corrected chi connectivity index (χ4v) is 0.467. The molecule has 0 aliphatic rings. The summed E-state index contributed by atoms with van der Waals surface area (Å²) in [6, 6.07) is 0. The van der Waals surface area contributed by atoms with Crippen LogP contribution in [0.2, 0.25) is 0 Å². The van der Waals surface area contributed by atoms with Crippen LogP contribution in [0, 0.1) is 12.3 Å². The van der Waals surface area contributed by atoms with Crippen molar-refractivity contribution in [1.29, 1.82) is 0 Å². The summed E-state index contributed by atoms with van der Waals surface area (Å²) in [6.45, 7) is 7.60. The molecule has 1 heteroatoms. The SMILES string of the molecule is C#CC(=C)C=C(C=C)CN. The van der Waals surface area contributed by atoms with E-state index in [4.69, 9.17) is 12.2 Å². The van der Waals surface area contributed by atoms with Gasteiger partial charge in [0, 0.05) is 12.1 Å². The molecule has 0 saturated carbocycles. The van der Waals surface area contributed by atoms with Crippen molar-refractivity contribution < 1.29 is 0 Å². The first-order valence-electron chi connectivity index (χ1n) is 2.93. The van der Waals surface area contributed by atoms with Crippen LogP contribution < -0.4 is 5.73 Å². The molecule has 0 atom stereocenters. The summed E-state index contributed by atoms with van der Waals surface area (Å²) >= 11 is 0. The van der Waals surface area contributed by atoms with Gasteiger partial charge in [-0.05, 0) is 11.6 Å². The second kappa shape index (κ2) is 4.60. The highest BCUT2D eigenvalue weighted by atomic mass is 14.5. The summed E-state index contributed by atoms with van der Waals surface area (Å²) in [5.74, 6) is 2.39. The van der Waals surface area contributed by atoms with Crippen LogP contribution >= 0.6 is 0 Å². The van der Waals surface area contributed by atoms with Gasteiger partial charge >= 0.3 is 0 Å². The molecule has 0 aromatic rings. The molecule has 0 aromatic carbocycles. The molecular formula is C9H11N. The first-order chi connectivity index (χ1) is 4.74. The molecule has 1 nitrogen and oxygen atoms in total. The average Bonchev–Trinajstić information content (AvgIpc) is 1.99. The van der Waals surface area contributed by atoms with Gasteiger partial charge in [0.25, 0.3) is 0 Å². The van der Waals surface area contributed by atoms with Crippen molar-refractivity contribution in [3.05, 3.63) is 36.5 Å². The highest BCUT2D eigenvalue weighted by Crippen LogP contribution is 1.98. The van der Waals surface area contributed by atoms with E-state index in [0.29, 0.717) is 12.1 Å². The Morgan fingerprint density at radius 1 is 1.70 bits per heavy atom. The van der Waals surface area contributed by atoms with E-state index in [1.807, 2.05) is 0 Å². The number of terminal acetylenes is 1. The summed E-state index contributed by atoms with van der Waals surface area (Å²) in [4.78, 5) is 0. The van der Waals surface area contributed by atoms with Crippen molar-refractivity contribution in [2.24, 2.45) is 5.73 Å². The van der Waals surface area contributed by atoms with Crippen molar-refractivity contribution in [3.8, 4) is 12.3 Å². The number of hydrogen-bond donors (Lipinski definition) is 1. The van der Waals surface area contributed by atoms with Crippen LogP contribution in [0.25, 0.3) is 0 Å². The number of rotatable bonds is 3. The van der Waals surface area contributed by atoms with E-state index >= 15 is 0 Å². The van der Waals surface area contributed by atoms with Crippen LogP contribution in [-0.2, 0) is 0 Å². The number of allylic oxidation sites excluding steroid dienone is 2. The second-order valence-electron chi connectivity index (χ2n) is 1.80. The van der Waals surface area contributed by atoms with E-state index < -0.39 is 0 Å². The third-order valence-corrected chi connectivity index (χ3v) is 1.04. The minimum absolute atomic E-state index is 0.449. The highest BCUT2D eigenvalue weighted by molar-refractivity contribution is 5.38. The van der Waals surface area contributed by atoms with Crippen molar-refractivity contribution >= 4 is 0 Å². The Hall–Kier alpha value is -1.26. The summed E-state index contributed by atoms with van der Waals surface area (Å²) in [5, 5.41) is 0. The molecule has 0 saturated heterocycles. The zero-order valence-corrected chi connectivity index (χ0v) is 5.93. The largest absolute Gasteiger partial charge is 0.326 e. The molecule has 0 aromatic heterocycles. The molecule has 0 fully saturated rings. The minimum atomic E-state index is 0.449. The lowest BCUT2D eigenvalue weighted by Crippen LogP contribution is -2.00. The van der Waals surface area contributed by atoms with Crippen LogP contribution in [-0.4, -0.2) is 6.54 Å². The highest BCUT2D eigenvalue weighted by Gasteiger charge is 1.86.